The van der Waals surface area contributed by atoms with Crippen LogP contribution in [-0.4, -0.2) is 37.4 Å². The van der Waals surface area contributed by atoms with Crippen LogP contribution in [0.25, 0.3) is 0 Å². The van der Waals surface area contributed by atoms with Gasteiger partial charge in [0.1, 0.15) is 0 Å². The highest BCUT2D eigenvalue weighted by atomic mass is 32.1. The summed E-state index contributed by atoms with van der Waals surface area (Å²) in [5.41, 5.74) is -0.723. The molecule has 29 heavy (non-hydrogen) atoms. The van der Waals surface area contributed by atoms with E-state index < -0.39 is 17.6 Å². The lowest BCUT2D eigenvalue weighted by atomic mass is 10.1. The van der Waals surface area contributed by atoms with Crippen LogP contribution in [0.15, 0.2) is 41.8 Å². The molecule has 1 heterocycles. The third kappa shape index (κ3) is 7.57. The molecule has 2 rings (SSSR count). The van der Waals surface area contributed by atoms with Gasteiger partial charge in [-0.05, 0) is 42.1 Å². The topological polar surface area (TPSA) is 87.3 Å². The average Bonchev–Trinajstić information content (AvgIpc) is 3.22. The second-order valence-electron chi connectivity index (χ2n) is 6.02. The highest BCUT2D eigenvalue weighted by Crippen LogP contribution is 2.29. The van der Waals surface area contributed by atoms with Gasteiger partial charge in [0.15, 0.2) is 0 Å². The zero-order chi connectivity index (χ0) is 21.3. The number of halogens is 3. The summed E-state index contributed by atoms with van der Waals surface area (Å²) >= 11 is 1.34. The number of rotatable bonds is 9. The van der Waals surface area contributed by atoms with Gasteiger partial charge in [-0.1, -0.05) is 6.07 Å². The fourth-order valence-electron chi connectivity index (χ4n) is 2.32. The summed E-state index contributed by atoms with van der Waals surface area (Å²) < 4.78 is 37.5. The molecule has 0 radical (unpaired) electrons. The number of carbonyl (C=O) groups is 3. The van der Waals surface area contributed by atoms with Gasteiger partial charge in [0.2, 0.25) is 5.91 Å². The van der Waals surface area contributed by atoms with Crippen LogP contribution < -0.4 is 16.0 Å². The van der Waals surface area contributed by atoms with E-state index in [9.17, 15) is 27.6 Å². The fourth-order valence-corrected chi connectivity index (χ4v) is 2.96. The van der Waals surface area contributed by atoms with Crippen LogP contribution in [0, 0.1) is 0 Å². The second-order valence-corrected chi connectivity index (χ2v) is 6.97. The van der Waals surface area contributed by atoms with E-state index in [0.29, 0.717) is 17.8 Å². The SMILES string of the molecule is O=C(CCCNC(=O)c1cccs1)NCCNC(=O)c1ccc(C(F)(F)F)cc1. The van der Waals surface area contributed by atoms with Crippen molar-refractivity contribution in [1.29, 1.82) is 0 Å². The van der Waals surface area contributed by atoms with Gasteiger partial charge in [0.25, 0.3) is 11.8 Å². The van der Waals surface area contributed by atoms with Crippen LogP contribution in [0.5, 0.6) is 0 Å². The van der Waals surface area contributed by atoms with Crippen molar-refractivity contribution in [3.8, 4) is 0 Å². The first-order valence-corrected chi connectivity index (χ1v) is 9.69. The summed E-state index contributed by atoms with van der Waals surface area (Å²) in [4.78, 5) is 35.9. The second kappa shape index (κ2) is 10.6. The normalized spacial score (nSPS) is 11.0. The maximum absolute atomic E-state index is 12.5. The lowest BCUT2D eigenvalue weighted by Crippen LogP contribution is -2.35. The van der Waals surface area contributed by atoms with Gasteiger partial charge in [-0.2, -0.15) is 13.2 Å². The van der Waals surface area contributed by atoms with Crippen molar-refractivity contribution < 1.29 is 27.6 Å². The van der Waals surface area contributed by atoms with E-state index in [1.807, 2.05) is 0 Å². The summed E-state index contributed by atoms with van der Waals surface area (Å²) in [6.07, 6.45) is -3.76. The number of nitrogens with one attached hydrogen (secondary N) is 3. The summed E-state index contributed by atoms with van der Waals surface area (Å²) in [6.45, 7) is 0.697. The number of benzene rings is 1. The molecule has 1 aromatic carbocycles. The summed E-state index contributed by atoms with van der Waals surface area (Å²) in [5, 5.41) is 9.66. The van der Waals surface area contributed by atoms with E-state index in [4.69, 9.17) is 0 Å². The van der Waals surface area contributed by atoms with Gasteiger partial charge < -0.3 is 16.0 Å². The quantitative estimate of drug-likeness (QED) is 0.538. The van der Waals surface area contributed by atoms with E-state index in [0.717, 1.165) is 24.3 Å². The lowest BCUT2D eigenvalue weighted by molar-refractivity contribution is -0.137. The minimum Gasteiger partial charge on any atom is -0.354 e. The van der Waals surface area contributed by atoms with Gasteiger partial charge in [-0.15, -0.1) is 11.3 Å². The Morgan fingerprint density at radius 1 is 0.862 bits per heavy atom. The van der Waals surface area contributed by atoms with Crippen molar-refractivity contribution >= 4 is 29.1 Å². The molecule has 2 aromatic rings. The molecule has 0 bridgehead atoms. The molecular formula is C19H20F3N3O3S. The number of carbonyl (C=O) groups excluding carboxylic acids is 3. The number of hydrogen-bond donors (Lipinski definition) is 3. The maximum Gasteiger partial charge on any atom is 0.416 e. The van der Waals surface area contributed by atoms with Gasteiger partial charge in [0.05, 0.1) is 10.4 Å². The van der Waals surface area contributed by atoms with Gasteiger partial charge in [-0.25, -0.2) is 0 Å². The Labute approximate surface area is 169 Å². The van der Waals surface area contributed by atoms with Crippen molar-refractivity contribution in [2.45, 2.75) is 19.0 Å². The molecule has 6 nitrogen and oxygen atoms in total. The van der Waals surface area contributed by atoms with Gasteiger partial charge >= 0.3 is 6.18 Å². The molecule has 0 saturated heterocycles. The molecule has 0 aliphatic carbocycles. The van der Waals surface area contributed by atoms with Crippen molar-refractivity contribution in [2.24, 2.45) is 0 Å². The predicted molar refractivity (Wildman–Crippen MR) is 103 cm³/mol. The molecule has 156 valence electrons. The molecular weight excluding hydrogens is 407 g/mol. The largest absolute Gasteiger partial charge is 0.416 e. The molecule has 0 aliphatic rings. The highest BCUT2D eigenvalue weighted by Gasteiger charge is 2.30. The van der Waals surface area contributed by atoms with Crippen LogP contribution in [0.1, 0.15) is 38.4 Å². The van der Waals surface area contributed by atoms with Crippen molar-refractivity contribution in [2.75, 3.05) is 19.6 Å². The average molecular weight is 427 g/mol. The smallest absolute Gasteiger partial charge is 0.354 e. The highest BCUT2D eigenvalue weighted by molar-refractivity contribution is 7.12. The molecule has 3 amide bonds. The fraction of sp³-hybridized carbons (Fsp3) is 0.316. The molecule has 0 aliphatic heterocycles. The first-order valence-electron chi connectivity index (χ1n) is 8.81. The maximum atomic E-state index is 12.5. The number of thiophene rings is 1. The van der Waals surface area contributed by atoms with Gasteiger partial charge in [-0.3, -0.25) is 14.4 Å². The Morgan fingerprint density at radius 2 is 1.52 bits per heavy atom. The summed E-state index contributed by atoms with van der Waals surface area (Å²) in [6, 6.07) is 7.37. The van der Waals surface area contributed by atoms with E-state index >= 15 is 0 Å². The molecule has 3 N–H and O–H groups in total. The van der Waals surface area contributed by atoms with E-state index in [1.54, 1.807) is 17.5 Å². The van der Waals surface area contributed by atoms with Crippen LogP contribution >= 0.6 is 11.3 Å². The molecule has 0 saturated carbocycles. The Morgan fingerprint density at radius 3 is 2.14 bits per heavy atom. The summed E-state index contributed by atoms with van der Waals surface area (Å²) in [5.74, 6) is -0.921. The molecule has 0 unspecified atom stereocenters. The van der Waals surface area contributed by atoms with Crippen LogP contribution in [0.2, 0.25) is 0 Å². The zero-order valence-corrected chi connectivity index (χ0v) is 16.2. The molecule has 0 fully saturated rings. The van der Waals surface area contributed by atoms with Crippen LogP contribution in [0.3, 0.4) is 0 Å². The predicted octanol–water partition coefficient (Wildman–Crippen LogP) is 2.82. The monoisotopic (exact) mass is 427 g/mol. The Hall–Kier alpha value is -2.88. The molecule has 0 spiro atoms. The minimum atomic E-state index is -4.45. The van der Waals surface area contributed by atoms with E-state index in [2.05, 4.69) is 16.0 Å². The van der Waals surface area contributed by atoms with Gasteiger partial charge in [0, 0.05) is 31.6 Å². The first-order chi connectivity index (χ1) is 13.8. The zero-order valence-electron chi connectivity index (χ0n) is 15.3. The number of hydrogen-bond acceptors (Lipinski definition) is 4. The Balaban J connectivity index is 1.57. The first kappa shape index (κ1) is 22.4. The third-order valence-electron chi connectivity index (χ3n) is 3.82. The van der Waals surface area contributed by atoms with Crippen LogP contribution in [0.4, 0.5) is 13.2 Å². The summed E-state index contributed by atoms with van der Waals surface area (Å²) in [7, 11) is 0. The third-order valence-corrected chi connectivity index (χ3v) is 4.69. The van der Waals surface area contributed by atoms with E-state index in [1.165, 1.54) is 11.3 Å². The van der Waals surface area contributed by atoms with Crippen molar-refractivity contribution in [1.82, 2.24) is 16.0 Å². The number of alkyl halides is 3. The van der Waals surface area contributed by atoms with Crippen molar-refractivity contribution in [3.63, 3.8) is 0 Å². The van der Waals surface area contributed by atoms with Crippen molar-refractivity contribution in [3.05, 3.63) is 57.8 Å². The standard InChI is InChI=1S/C19H20F3N3O3S/c20-19(21,22)14-7-5-13(6-8-14)17(27)25-11-10-23-16(26)4-1-9-24-18(28)15-3-2-12-29-15/h2-3,5-8,12H,1,4,9-11H2,(H,23,26)(H,24,28)(H,25,27). The van der Waals surface area contributed by atoms with E-state index in [-0.39, 0.29) is 36.9 Å². The Kier molecular flexibility index (Phi) is 8.20. The lowest BCUT2D eigenvalue weighted by Gasteiger charge is -2.09. The molecule has 0 atom stereocenters. The van der Waals surface area contributed by atoms with Crippen LogP contribution in [-0.2, 0) is 11.0 Å². The molecule has 1 aromatic heterocycles. The number of amides is 3. The molecule has 10 heteroatoms. The Bertz CT molecular complexity index is 821. The minimum absolute atomic E-state index is 0.103.